The first-order valence-corrected chi connectivity index (χ1v) is 9.45. The fraction of sp³-hybridized carbons (Fsp3) is 0.667. The molecule has 1 fully saturated rings. The zero-order valence-corrected chi connectivity index (χ0v) is 16.5. The molecule has 0 aliphatic carbocycles. The van der Waals surface area contributed by atoms with Gasteiger partial charge in [0.2, 0.25) is 5.91 Å². The molecule has 0 spiro atoms. The van der Waals surface area contributed by atoms with Gasteiger partial charge in [0.25, 0.3) is 0 Å². The first kappa shape index (κ1) is 19.8. The second kappa shape index (κ2) is 8.70. The summed E-state index contributed by atoms with van der Waals surface area (Å²) in [6.07, 6.45) is 1.08. The molecule has 2 rings (SSSR count). The van der Waals surface area contributed by atoms with Gasteiger partial charge in [0, 0.05) is 26.2 Å². The highest BCUT2D eigenvalue weighted by Crippen LogP contribution is 2.21. The highest BCUT2D eigenvalue weighted by atomic mass is 16.5. The Kier molecular flexibility index (Phi) is 6.88. The van der Waals surface area contributed by atoms with Gasteiger partial charge in [0.1, 0.15) is 5.75 Å². The minimum Gasteiger partial charge on any atom is -0.494 e. The number of hydrogen-bond acceptors (Lipinski definition) is 3. The lowest BCUT2D eigenvalue weighted by molar-refractivity contribution is -0.130. The van der Waals surface area contributed by atoms with Crippen molar-refractivity contribution in [3.8, 4) is 5.75 Å². The maximum absolute atomic E-state index is 12.1. The molecule has 4 heteroatoms. The molecule has 25 heavy (non-hydrogen) atoms. The van der Waals surface area contributed by atoms with Crippen molar-refractivity contribution in [2.75, 3.05) is 26.2 Å². The summed E-state index contributed by atoms with van der Waals surface area (Å²) in [7, 11) is 0. The molecule has 1 aliphatic rings. The lowest BCUT2D eigenvalue weighted by Crippen LogP contribution is -2.53. The Bertz CT molecular complexity index is 540. The molecule has 140 valence electrons. The van der Waals surface area contributed by atoms with E-state index in [-0.39, 0.29) is 17.2 Å². The van der Waals surface area contributed by atoms with E-state index in [0.717, 1.165) is 45.0 Å². The molecule has 1 saturated heterocycles. The van der Waals surface area contributed by atoms with Crippen LogP contribution in [0.5, 0.6) is 5.75 Å². The van der Waals surface area contributed by atoms with Gasteiger partial charge < -0.3 is 10.1 Å². The third-order valence-electron chi connectivity index (χ3n) is 4.41. The van der Waals surface area contributed by atoms with Gasteiger partial charge in [-0.25, -0.2) is 0 Å². The fourth-order valence-electron chi connectivity index (χ4n) is 2.72. The van der Waals surface area contributed by atoms with Crippen LogP contribution in [-0.2, 0) is 11.3 Å². The average Bonchev–Trinajstić information content (AvgIpc) is 2.48. The monoisotopic (exact) mass is 346 g/mol. The van der Waals surface area contributed by atoms with Crippen molar-refractivity contribution in [2.45, 2.75) is 47.6 Å². The predicted octanol–water partition coefficient (Wildman–Crippen LogP) is 3.71. The number of amides is 1. The summed E-state index contributed by atoms with van der Waals surface area (Å²) in [5.74, 6) is 1.94. The Morgan fingerprint density at radius 3 is 2.44 bits per heavy atom. The molecule has 0 atom stereocenters. The number of carbonyl (C=O) groups excluding carboxylic acids is 1. The summed E-state index contributed by atoms with van der Waals surface area (Å²) in [5.41, 5.74) is 1.41. The summed E-state index contributed by atoms with van der Waals surface area (Å²) >= 11 is 0. The van der Waals surface area contributed by atoms with Crippen molar-refractivity contribution in [3.05, 3.63) is 29.8 Å². The van der Waals surface area contributed by atoms with Crippen molar-refractivity contribution in [1.29, 1.82) is 0 Å². The average molecular weight is 347 g/mol. The second-order valence-corrected chi connectivity index (χ2v) is 8.84. The van der Waals surface area contributed by atoms with E-state index in [1.165, 1.54) is 5.56 Å². The van der Waals surface area contributed by atoms with Crippen LogP contribution in [0.15, 0.2) is 24.3 Å². The summed E-state index contributed by atoms with van der Waals surface area (Å²) < 4.78 is 5.75. The molecule has 1 heterocycles. The Morgan fingerprint density at radius 1 is 1.24 bits per heavy atom. The molecule has 1 aromatic rings. The van der Waals surface area contributed by atoms with Crippen LogP contribution in [0.3, 0.4) is 0 Å². The summed E-state index contributed by atoms with van der Waals surface area (Å²) in [6.45, 7) is 14.9. The van der Waals surface area contributed by atoms with Crippen LogP contribution in [-0.4, -0.2) is 37.0 Å². The van der Waals surface area contributed by atoms with Gasteiger partial charge in [-0.3, -0.25) is 9.69 Å². The van der Waals surface area contributed by atoms with Gasteiger partial charge in [-0.1, -0.05) is 46.8 Å². The van der Waals surface area contributed by atoms with Crippen LogP contribution in [0, 0.1) is 17.3 Å². The van der Waals surface area contributed by atoms with Gasteiger partial charge in [0.15, 0.2) is 0 Å². The third kappa shape index (κ3) is 7.07. The molecule has 1 aromatic carbocycles. The van der Waals surface area contributed by atoms with Crippen LogP contribution in [0.4, 0.5) is 0 Å². The number of nitrogens with zero attached hydrogens (tertiary/aromatic N) is 1. The smallest absolute Gasteiger partial charge is 0.225 e. The number of benzene rings is 1. The third-order valence-corrected chi connectivity index (χ3v) is 4.41. The van der Waals surface area contributed by atoms with E-state index in [2.05, 4.69) is 57.0 Å². The number of hydrogen-bond donors (Lipinski definition) is 1. The lowest BCUT2D eigenvalue weighted by Gasteiger charge is -2.38. The van der Waals surface area contributed by atoms with Crippen molar-refractivity contribution >= 4 is 5.91 Å². The standard InChI is InChI=1S/C21H34N2O2/c1-16(2)10-11-25-19-8-6-17(7-9-19)12-23-13-18(14-23)20(24)22-15-21(3,4)5/h6-9,16,18H,10-15H2,1-5H3,(H,22,24). The summed E-state index contributed by atoms with van der Waals surface area (Å²) in [5, 5.41) is 3.06. The topological polar surface area (TPSA) is 41.6 Å². The Balaban J connectivity index is 1.68. The van der Waals surface area contributed by atoms with Gasteiger partial charge in [-0.05, 0) is 35.4 Å². The van der Waals surface area contributed by atoms with E-state index in [1.54, 1.807) is 0 Å². The molecular weight excluding hydrogens is 312 g/mol. The molecule has 0 bridgehead atoms. The van der Waals surface area contributed by atoms with Crippen LogP contribution >= 0.6 is 0 Å². The highest BCUT2D eigenvalue weighted by Gasteiger charge is 2.32. The molecule has 0 radical (unpaired) electrons. The Hall–Kier alpha value is -1.55. The molecule has 0 saturated carbocycles. The normalized spacial score (nSPS) is 15.9. The first-order valence-electron chi connectivity index (χ1n) is 9.45. The number of likely N-dealkylation sites (tertiary alicyclic amines) is 1. The molecule has 0 unspecified atom stereocenters. The van der Waals surface area contributed by atoms with Crippen molar-refractivity contribution < 1.29 is 9.53 Å². The van der Waals surface area contributed by atoms with Crippen LogP contribution in [0.25, 0.3) is 0 Å². The number of carbonyl (C=O) groups is 1. The van der Waals surface area contributed by atoms with E-state index in [1.807, 2.05) is 12.1 Å². The summed E-state index contributed by atoms with van der Waals surface area (Å²) in [4.78, 5) is 14.4. The van der Waals surface area contributed by atoms with E-state index in [9.17, 15) is 4.79 Å². The highest BCUT2D eigenvalue weighted by molar-refractivity contribution is 5.80. The van der Waals surface area contributed by atoms with Crippen molar-refractivity contribution in [2.24, 2.45) is 17.3 Å². The van der Waals surface area contributed by atoms with Gasteiger partial charge in [-0.15, -0.1) is 0 Å². The van der Waals surface area contributed by atoms with Gasteiger partial charge in [0.05, 0.1) is 12.5 Å². The van der Waals surface area contributed by atoms with Crippen LogP contribution < -0.4 is 10.1 Å². The van der Waals surface area contributed by atoms with Crippen molar-refractivity contribution in [3.63, 3.8) is 0 Å². The molecular formula is C21H34N2O2. The van der Waals surface area contributed by atoms with E-state index < -0.39 is 0 Å². The number of rotatable bonds is 8. The number of ether oxygens (including phenoxy) is 1. The zero-order valence-electron chi connectivity index (χ0n) is 16.5. The lowest BCUT2D eigenvalue weighted by atomic mass is 9.94. The van der Waals surface area contributed by atoms with Gasteiger partial charge in [-0.2, -0.15) is 0 Å². The van der Waals surface area contributed by atoms with Crippen LogP contribution in [0.2, 0.25) is 0 Å². The Labute approximate surface area is 152 Å². The van der Waals surface area contributed by atoms with Gasteiger partial charge >= 0.3 is 0 Å². The molecule has 1 N–H and O–H groups in total. The Morgan fingerprint density at radius 2 is 1.88 bits per heavy atom. The van der Waals surface area contributed by atoms with Crippen molar-refractivity contribution in [1.82, 2.24) is 10.2 Å². The minimum atomic E-state index is 0.137. The molecule has 1 aliphatic heterocycles. The quantitative estimate of drug-likeness (QED) is 0.780. The predicted molar refractivity (Wildman–Crippen MR) is 103 cm³/mol. The van der Waals surface area contributed by atoms with E-state index in [4.69, 9.17) is 4.74 Å². The number of nitrogens with one attached hydrogen (secondary N) is 1. The summed E-state index contributed by atoms with van der Waals surface area (Å²) in [6, 6.07) is 8.33. The van der Waals surface area contributed by atoms with Crippen LogP contribution in [0.1, 0.15) is 46.6 Å². The maximum atomic E-state index is 12.1. The molecule has 0 aromatic heterocycles. The SMILES string of the molecule is CC(C)CCOc1ccc(CN2CC(C(=O)NCC(C)(C)C)C2)cc1. The fourth-order valence-corrected chi connectivity index (χ4v) is 2.72. The largest absolute Gasteiger partial charge is 0.494 e. The molecule has 1 amide bonds. The maximum Gasteiger partial charge on any atom is 0.225 e. The molecule has 4 nitrogen and oxygen atoms in total. The van der Waals surface area contributed by atoms with E-state index in [0.29, 0.717) is 5.92 Å². The second-order valence-electron chi connectivity index (χ2n) is 8.84. The van der Waals surface area contributed by atoms with E-state index >= 15 is 0 Å². The first-order chi connectivity index (χ1) is 11.7. The zero-order chi connectivity index (χ0) is 18.4. The minimum absolute atomic E-state index is 0.137.